The smallest absolute Gasteiger partial charge is 0.349 e. The zero-order chi connectivity index (χ0) is 15.4. The number of thiophene rings is 1. The zero-order valence-electron chi connectivity index (χ0n) is 11.8. The lowest BCUT2D eigenvalue weighted by Gasteiger charge is -2.33. The molecule has 0 aromatic carbocycles. The first-order chi connectivity index (χ1) is 10.0. The van der Waals surface area contributed by atoms with Crippen molar-refractivity contribution >= 4 is 29.1 Å². The van der Waals surface area contributed by atoms with Crippen LogP contribution in [0.4, 0.5) is 0 Å². The van der Waals surface area contributed by atoms with Crippen molar-refractivity contribution in [1.82, 2.24) is 4.90 Å². The molecule has 1 aliphatic rings. The number of primary amides is 1. The first kappa shape index (κ1) is 15.5. The monoisotopic (exact) mass is 310 g/mol. The molecule has 1 aromatic rings. The molecule has 2 amide bonds. The molecule has 2 heterocycles. The molecule has 0 aliphatic carbocycles. The van der Waals surface area contributed by atoms with Gasteiger partial charge in [0.05, 0.1) is 0 Å². The number of aryl methyl sites for hydroxylation is 1. The third-order valence-corrected chi connectivity index (χ3v) is 4.52. The maximum atomic E-state index is 12.1. The van der Waals surface area contributed by atoms with Gasteiger partial charge in [-0.15, -0.1) is 11.3 Å². The molecule has 2 rings (SSSR count). The van der Waals surface area contributed by atoms with Gasteiger partial charge in [0.2, 0.25) is 5.91 Å². The van der Waals surface area contributed by atoms with Crippen molar-refractivity contribution in [2.24, 2.45) is 5.73 Å². The summed E-state index contributed by atoms with van der Waals surface area (Å²) in [5.74, 6) is -1.40. The zero-order valence-corrected chi connectivity index (χ0v) is 12.6. The summed E-state index contributed by atoms with van der Waals surface area (Å²) < 4.78 is 5.04. The normalized spacial score (nSPS) is 18.3. The molecule has 0 unspecified atom stereocenters. The highest BCUT2D eigenvalue weighted by atomic mass is 32.1. The average Bonchev–Trinajstić information content (AvgIpc) is 2.90. The molecule has 0 spiro atoms. The van der Waals surface area contributed by atoms with Crippen LogP contribution in [0.15, 0.2) is 11.4 Å². The summed E-state index contributed by atoms with van der Waals surface area (Å²) in [6, 6.07) is 1.23. The van der Waals surface area contributed by atoms with Crippen molar-refractivity contribution in [3.63, 3.8) is 0 Å². The molecule has 2 N–H and O–H groups in total. The van der Waals surface area contributed by atoms with E-state index in [0.717, 1.165) is 18.4 Å². The third kappa shape index (κ3) is 3.60. The van der Waals surface area contributed by atoms with Crippen LogP contribution in [0.1, 0.15) is 34.5 Å². The molecule has 1 fully saturated rings. The second-order valence-corrected chi connectivity index (χ2v) is 5.93. The average molecular weight is 310 g/mol. The summed E-state index contributed by atoms with van der Waals surface area (Å²) in [6.07, 6.45) is 2.26. The van der Waals surface area contributed by atoms with Crippen LogP contribution in [0.25, 0.3) is 0 Å². The van der Waals surface area contributed by atoms with Crippen molar-refractivity contribution < 1.29 is 19.1 Å². The van der Waals surface area contributed by atoms with Crippen molar-refractivity contribution in [3.8, 4) is 0 Å². The molecule has 1 saturated heterocycles. The van der Waals surface area contributed by atoms with Crippen LogP contribution in [0.5, 0.6) is 0 Å². The predicted octanol–water partition coefficient (Wildman–Crippen LogP) is 1.08. The predicted molar refractivity (Wildman–Crippen MR) is 77.9 cm³/mol. The van der Waals surface area contributed by atoms with Crippen LogP contribution >= 0.6 is 11.3 Å². The van der Waals surface area contributed by atoms with Crippen molar-refractivity contribution in [2.45, 2.75) is 32.2 Å². The molecule has 0 bridgehead atoms. The third-order valence-electron chi connectivity index (χ3n) is 3.53. The molecule has 1 aliphatic heterocycles. The van der Waals surface area contributed by atoms with Crippen LogP contribution in [0.2, 0.25) is 0 Å². The minimum absolute atomic E-state index is 0.361. The summed E-state index contributed by atoms with van der Waals surface area (Å²) >= 11 is 1.28. The minimum atomic E-state index is -0.589. The topological polar surface area (TPSA) is 89.7 Å². The first-order valence-electron chi connectivity index (χ1n) is 6.80. The van der Waals surface area contributed by atoms with Gasteiger partial charge in [-0.05, 0) is 43.2 Å². The van der Waals surface area contributed by atoms with Crippen LogP contribution in [0, 0.1) is 6.92 Å². The van der Waals surface area contributed by atoms with E-state index in [0.29, 0.717) is 17.8 Å². The minimum Gasteiger partial charge on any atom is -0.451 e. The van der Waals surface area contributed by atoms with E-state index in [9.17, 15) is 14.4 Å². The fourth-order valence-electron chi connectivity index (χ4n) is 2.38. The fourth-order valence-corrected chi connectivity index (χ4v) is 3.20. The van der Waals surface area contributed by atoms with Gasteiger partial charge in [0.25, 0.3) is 5.91 Å². The Morgan fingerprint density at radius 1 is 1.43 bits per heavy atom. The number of hydrogen-bond donors (Lipinski definition) is 1. The Morgan fingerprint density at radius 2 is 2.19 bits per heavy atom. The number of nitrogens with zero attached hydrogens (tertiary/aromatic N) is 1. The van der Waals surface area contributed by atoms with Crippen LogP contribution in [-0.4, -0.2) is 41.9 Å². The number of piperidine rings is 1. The van der Waals surface area contributed by atoms with Crippen LogP contribution in [-0.2, 0) is 14.3 Å². The van der Waals surface area contributed by atoms with E-state index >= 15 is 0 Å². The Morgan fingerprint density at radius 3 is 2.81 bits per heavy atom. The molecule has 1 atom stereocenters. The number of rotatable bonds is 4. The second kappa shape index (κ2) is 6.71. The van der Waals surface area contributed by atoms with Crippen LogP contribution < -0.4 is 5.73 Å². The van der Waals surface area contributed by atoms with E-state index in [1.54, 1.807) is 5.38 Å². The molecule has 21 heavy (non-hydrogen) atoms. The Hall–Kier alpha value is -1.89. The Kier molecular flexibility index (Phi) is 4.95. The number of amides is 2. The highest BCUT2D eigenvalue weighted by Gasteiger charge is 2.31. The fraction of sp³-hybridized carbons (Fsp3) is 0.500. The summed E-state index contributed by atoms with van der Waals surface area (Å²) in [6.45, 7) is 1.92. The summed E-state index contributed by atoms with van der Waals surface area (Å²) in [4.78, 5) is 37.2. The molecule has 0 saturated carbocycles. The lowest BCUT2D eigenvalue weighted by atomic mass is 10.0. The Labute approximate surface area is 126 Å². The van der Waals surface area contributed by atoms with Gasteiger partial charge in [-0.3, -0.25) is 9.59 Å². The largest absolute Gasteiger partial charge is 0.451 e. The van der Waals surface area contributed by atoms with E-state index in [4.69, 9.17) is 10.5 Å². The maximum absolute atomic E-state index is 12.1. The van der Waals surface area contributed by atoms with Gasteiger partial charge in [-0.25, -0.2) is 4.79 Å². The van der Waals surface area contributed by atoms with Gasteiger partial charge < -0.3 is 15.4 Å². The number of nitrogens with two attached hydrogens (primary N) is 1. The van der Waals surface area contributed by atoms with Gasteiger partial charge in [-0.1, -0.05) is 0 Å². The van der Waals surface area contributed by atoms with Gasteiger partial charge in [0.1, 0.15) is 10.9 Å². The molecular weight excluding hydrogens is 292 g/mol. The van der Waals surface area contributed by atoms with Gasteiger partial charge in [-0.2, -0.15) is 0 Å². The molecule has 0 radical (unpaired) electrons. The van der Waals surface area contributed by atoms with Gasteiger partial charge >= 0.3 is 5.97 Å². The maximum Gasteiger partial charge on any atom is 0.349 e. The highest BCUT2D eigenvalue weighted by Crippen LogP contribution is 2.18. The van der Waals surface area contributed by atoms with E-state index in [-0.39, 0.29) is 12.5 Å². The van der Waals surface area contributed by atoms with Gasteiger partial charge in [0.15, 0.2) is 6.61 Å². The van der Waals surface area contributed by atoms with Gasteiger partial charge in [0, 0.05) is 6.54 Å². The number of ether oxygens (including phenoxy) is 1. The Balaban J connectivity index is 1.93. The number of likely N-dealkylation sites (tertiary alicyclic amines) is 1. The highest BCUT2D eigenvalue weighted by molar-refractivity contribution is 7.12. The van der Waals surface area contributed by atoms with Crippen molar-refractivity contribution in [1.29, 1.82) is 0 Å². The number of carbonyl (C=O) groups excluding carboxylic acids is 3. The van der Waals surface area contributed by atoms with Crippen molar-refractivity contribution in [2.75, 3.05) is 13.2 Å². The molecule has 1 aromatic heterocycles. The molecule has 7 heteroatoms. The standard InChI is InChI=1S/C14H18N2O4S/c1-9-5-7-21-12(9)14(19)20-8-11(17)16-6-3-2-4-10(16)13(15)18/h5,7,10H,2-4,6,8H2,1H3,(H2,15,18)/t10-/m0/s1. The lowest BCUT2D eigenvalue weighted by molar-refractivity contribution is -0.143. The summed E-state index contributed by atoms with van der Waals surface area (Å²) in [5.41, 5.74) is 6.13. The quantitative estimate of drug-likeness (QED) is 0.843. The van der Waals surface area contributed by atoms with E-state index in [1.165, 1.54) is 16.2 Å². The summed E-state index contributed by atoms with van der Waals surface area (Å²) in [5, 5.41) is 1.79. The summed E-state index contributed by atoms with van der Waals surface area (Å²) in [7, 11) is 0. The SMILES string of the molecule is Cc1ccsc1C(=O)OCC(=O)N1CCCC[C@H]1C(N)=O. The van der Waals surface area contributed by atoms with E-state index < -0.39 is 17.9 Å². The molecular formula is C14H18N2O4S. The number of esters is 1. The second-order valence-electron chi connectivity index (χ2n) is 5.01. The van der Waals surface area contributed by atoms with E-state index in [2.05, 4.69) is 0 Å². The number of carbonyl (C=O) groups is 3. The Bertz CT molecular complexity index is 555. The number of hydrogen-bond acceptors (Lipinski definition) is 5. The van der Waals surface area contributed by atoms with Crippen molar-refractivity contribution in [3.05, 3.63) is 21.9 Å². The first-order valence-corrected chi connectivity index (χ1v) is 7.68. The molecule has 114 valence electrons. The molecule has 6 nitrogen and oxygen atoms in total. The van der Waals surface area contributed by atoms with Crippen LogP contribution in [0.3, 0.4) is 0 Å². The lowest BCUT2D eigenvalue weighted by Crippen LogP contribution is -2.51. The van der Waals surface area contributed by atoms with E-state index in [1.807, 2.05) is 13.0 Å².